The molecule has 0 aliphatic heterocycles. The zero-order valence-corrected chi connectivity index (χ0v) is 9.11. The molecule has 3 atom stereocenters. The van der Waals surface area contributed by atoms with Gasteiger partial charge in [-0.25, -0.2) is 0 Å². The van der Waals surface area contributed by atoms with Crippen LogP contribution in [0.2, 0.25) is 0 Å². The molecule has 3 nitrogen and oxygen atoms in total. The molecular formula is C8H19NO2S. The third-order valence-electron chi connectivity index (χ3n) is 1.93. The van der Waals surface area contributed by atoms with Gasteiger partial charge in [0.15, 0.2) is 0 Å². The van der Waals surface area contributed by atoms with Crippen molar-refractivity contribution in [2.75, 3.05) is 25.7 Å². The van der Waals surface area contributed by atoms with Gasteiger partial charge in [0.2, 0.25) is 0 Å². The Hall–Kier alpha value is 0.0700. The van der Waals surface area contributed by atoms with E-state index in [4.69, 9.17) is 4.74 Å². The van der Waals surface area contributed by atoms with Crippen LogP contribution in [0.3, 0.4) is 0 Å². The molecule has 0 bridgehead atoms. The molecule has 4 heteroatoms. The van der Waals surface area contributed by atoms with Gasteiger partial charge >= 0.3 is 0 Å². The first-order chi connectivity index (χ1) is 5.57. The molecule has 0 aromatic heterocycles. The van der Waals surface area contributed by atoms with Crippen molar-refractivity contribution in [3.63, 3.8) is 0 Å². The van der Waals surface area contributed by atoms with Crippen LogP contribution >= 0.6 is 0 Å². The van der Waals surface area contributed by atoms with E-state index < -0.39 is 10.8 Å². The largest absolute Gasteiger partial charge is 0.380 e. The molecular weight excluding hydrogens is 174 g/mol. The van der Waals surface area contributed by atoms with E-state index in [-0.39, 0.29) is 6.10 Å². The van der Waals surface area contributed by atoms with Crippen LogP contribution in [0.25, 0.3) is 0 Å². The van der Waals surface area contributed by atoms with Crippen molar-refractivity contribution in [2.45, 2.75) is 26.0 Å². The topological polar surface area (TPSA) is 38.3 Å². The Labute approximate surface area is 77.3 Å². The highest BCUT2D eigenvalue weighted by Crippen LogP contribution is 1.94. The Balaban J connectivity index is 3.43. The Morgan fingerprint density at radius 3 is 2.50 bits per heavy atom. The predicted molar refractivity (Wildman–Crippen MR) is 52.9 cm³/mol. The molecule has 0 saturated heterocycles. The maximum atomic E-state index is 10.7. The molecule has 74 valence electrons. The van der Waals surface area contributed by atoms with Crippen molar-refractivity contribution < 1.29 is 8.95 Å². The van der Waals surface area contributed by atoms with Gasteiger partial charge in [-0.2, -0.15) is 0 Å². The maximum absolute atomic E-state index is 10.7. The molecule has 3 unspecified atom stereocenters. The molecule has 0 saturated carbocycles. The first-order valence-corrected chi connectivity index (χ1v) is 5.86. The van der Waals surface area contributed by atoms with Gasteiger partial charge in [-0.05, 0) is 13.8 Å². The van der Waals surface area contributed by atoms with Gasteiger partial charge in [0.25, 0.3) is 0 Å². The van der Waals surface area contributed by atoms with E-state index in [2.05, 4.69) is 12.2 Å². The molecule has 0 heterocycles. The van der Waals surface area contributed by atoms with E-state index in [1.165, 1.54) is 0 Å². The van der Waals surface area contributed by atoms with Gasteiger partial charge in [-0.3, -0.25) is 4.21 Å². The number of ether oxygens (including phenoxy) is 1. The molecule has 0 aromatic carbocycles. The van der Waals surface area contributed by atoms with Gasteiger partial charge in [-0.15, -0.1) is 0 Å². The van der Waals surface area contributed by atoms with Crippen LogP contribution < -0.4 is 5.32 Å². The Kier molecular flexibility index (Phi) is 6.61. The number of methoxy groups -OCH3 is 1. The molecule has 0 spiro atoms. The average Bonchev–Trinajstić information content (AvgIpc) is 2.02. The SMILES string of the molecule is COC(C)C(C)NCCS(C)=O. The Bertz CT molecular complexity index is 141. The molecule has 0 fully saturated rings. The third kappa shape index (κ3) is 5.69. The monoisotopic (exact) mass is 193 g/mol. The van der Waals surface area contributed by atoms with Gasteiger partial charge in [0, 0.05) is 42.5 Å². The molecule has 0 aliphatic rings. The lowest BCUT2D eigenvalue weighted by Crippen LogP contribution is -2.38. The summed E-state index contributed by atoms with van der Waals surface area (Å²) < 4.78 is 15.8. The number of hydrogen-bond donors (Lipinski definition) is 1. The molecule has 0 aromatic rings. The van der Waals surface area contributed by atoms with Crippen molar-refractivity contribution in [3.8, 4) is 0 Å². The average molecular weight is 193 g/mol. The lowest BCUT2D eigenvalue weighted by Gasteiger charge is -2.19. The van der Waals surface area contributed by atoms with E-state index in [0.29, 0.717) is 11.8 Å². The first-order valence-electron chi connectivity index (χ1n) is 4.14. The molecule has 0 aliphatic carbocycles. The van der Waals surface area contributed by atoms with E-state index >= 15 is 0 Å². The van der Waals surface area contributed by atoms with Crippen molar-refractivity contribution >= 4 is 10.8 Å². The van der Waals surface area contributed by atoms with Gasteiger partial charge in [0.05, 0.1) is 6.10 Å². The predicted octanol–water partition coefficient (Wildman–Crippen LogP) is 0.378. The molecule has 12 heavy (non-hydrogen) atoms. The van der Waals surface area contributed by atoms with Gasteiger partial charge in [0.1, 0.15) is 0 Å². The lowest BCUT2D eigenvalue weighted by molar-refractivity contribution is 0.0895. The quantitative estimate of drug-likeness (QED) is 0.662. The standard InChI is InChI=1S/C8H19NO2S/c1-7(8(2)11-3)9-5-6-12(4)10/h7-9H,5-6H2,1-4H3. The molecule has 1 N–H and O–H groups in total. The van der Waals surface area contributed by atoms with E-state index in [0.717, 1.165) is 6.54 Å². The second kappa shape index (κ2) is 6.57. The minimum Gasteiger partial charge on any atom is -0.380 e. The van der Waals surface area contributed by atoms with Crippen LogP contribution in [0.1, 0.15) is 13.8 Å². The van der Waals surface area contributed by atoms with Gasteiger partial charge < -0.3 is 10.1 Å². The van der Waals surface area contributed by atoms with Crippen molar-refractivity contribution in [1.82, 2.24) is 5.32 Å². The maximum Gasteiger partial charge on any atom is 0.0693 e. The molecule has 0 radical (unpaired) electrons. The van der Waals surface area contributed by atoms with Crippen LogP contribution in [-0.2, 0) is 15.5 Å². The minimum absolute atomic E-state index is 0.204. The third-order valence-corrected chi connectivity index (χ3v) is 2.71. The normalized spacial score (nSPS) is 18.7. The summed E-state index contributed by atoms with van der Waals surface area (Å²) in [5.74, 6) is 0.709. The summed E-state index contributed by atoms with van der Waals surface area (Å²) in [4.78, 5) is 0. The van der Waals surface area contributed by atoms with E-state index in [1.54, 1.807) is 13.4 Å². The summed E-state index contributed by atoms with van der Waals surface area (Å²) in [5.41, 5.74) is 0. The number of rotatable bonds is 6. The summed E-state index contributed by atoms with van der Waals surface area (Å²) in [6.45, 7) is 4.87. The van der Waals surface area contributed by atoms with E-state index in [9.17, 15) is 4.21 Å². The van der Waals surface area contributed by atoms with E-state index in [1.807, 2.05) is 6.92 Å². The van der Waals surface area contributed by atoms with Crippen molar-refractivity contribution in [2.24, 2.45) is 0 Å². The summed E-state index contributed by atoms with van der Waals surface area (Å²) in [6.07, 6.45) is 1.92. The van der Waals surface area contributed by atoms with Crippen LogP contribution in [-0.4, -0.2) is 42.0 Å². The Morgan fingerprint density at radius 1 is 1.50 bits per heavy atom. The summed E-state index contributed by atoms with van der Waals surface area (Å²) in [6, 6.07) is 0.318. The molecule has 0 rings (SSSR count). The second-order valence-corrected chi connectivity index (χ2v) is 4.52. The van der Waals surface area contributed by atoms with Crippen molar-refractivity contribution in [3.05, 3.63) is 0 Å². The number of nitrogens with one attached hydrogen (secondary N) is 1. The fraction of sp³-hybridized carbons (Fsp3) is 1.00. The highest BCUT2D eigenvalue weighted by Gasteiger charge is 2.09. The van der Waals surface area contributed by atoms with Gasteiger partial charge in [-0.1, -0.05) is 0 Å². The smallest absolute Gasteiger partial charge is 0.0693 e. The fourth-order valence-corrected chi connectivity index (χ4v) is 1.21. The minimum atomic E-state index is -0.700. The fourth-order valence-electron chi connectivity index (χ4n) is 0.800. The summed E-state index contributed by atoms with van der Waals surface area (Å²) in [5, 5.41) is 3.25. The van der Waals surface area contributed by atoms with Crippen LogP contribution in [0.4, 0.5) is 0 Å². The highest BCUT2D eigenvalue weighted by molar-refractivity contribution is 7.84. The van der Waals surface area contributed by atoms with Crippen molar-refractivity contribution in [1.29, 1.82) is 0 Å². The van der Waals surface area contributed by atoms with Crippen LogP contribution in [0.5, 0.6) is 0 Å². The zero-order chi connectivity index (χ0) is 9.56. The molecule has 0 amide bonds. The summed E-state index contributed by atoms with van der Waals surface area (Å²) in [7, 11) is 0.995. The Morgan fingerprint density at radius 2 is 2.08 bits per heavy atom. The van der Waals surface area contributed by atoms with Crippen LogP contribution in [0, 0.1) is 0 Å². The zero-order valence-electron chi connectivity index (χ0n) is 8.29. The first kappa shape index (κ1) is 12.1. The summed E-state index contributed by atoms with van der Waals surface area (Å²) >= 11 is 0. The second-order valence-electron chi connectivity index (χ2n) is 2.96. The lowest BCUT2D eigenvalue weighted by atomic mass is 10.2. The highest BCUT2D eigenvalue weighted by atomic mass is 32.2. The van der Waals surface area contributed by atoms with Crippen LogP contribution in [0.15, 0.2) is 0 Å². The number of hydrogen-bond acceptors (Lipinski definition) is 3.